The molecule has 1 N–H and O–H groups in total. The van der Waals surface area contributed by atoms with Crippen LogP contribution in [0.3, 0.4) is 0 Å². The van der Waals surface area contributed by atoms with Gasteiger partial charge in [0.1, 0.15) is 17.3 Å². The second-order valence-corrected chi connectivity index (χ2v) is 4.62. The number of halogens is 1. The van der Waals surface area contributed by atoms with Gasteiger partial charge < -0.3 is 10.1 Å². The van der Waals surface area contributed by atoms with Gasteiger partial charge in [0.2, 0.25) is 0 Å². The van der Waals surface area contributed by atoms with Crippen LogP contribution in [0.4, 0.5) is 4.39 Å². The number of rotatable bonds is 5. The monoisotopic (exact) mass is 260 g/mol. The second kappa shape index (κ2) is 6.29. The Kier molecular flexibility index (Phi) is 4.47. The lowest BCUT2D eigenvalue weighted by Gasteiger charge is -2.09. The van der Waals surface area contributed by atoms with Crippen molar-refractivity contribution in [2.24, 2.45) is 0 Å². The molecule has 100 valence electrons. The Labute approximate surface area is 112 Å². The molecule has 4 heteroatoms. The lowest BCUT2D eigenvalue weighted by molar-refractivity contribution is 0.476. The predicted octanol–water partition coefficient (Wildman–Crippen LogP) is 3.51. The molecule has 19 heavy (non-hydrogen) atoms. The molecule has 0 spiro atoms. The Morgan fingerprint density at radius 2 is 1.89 bits per heavy atom. The van der Waals surface area contributed by atoms with E-state index in [1.165, 1.54) is 12.1 Å². The molecule has 0 amide bonds. The van der Waals surface area contributed by atoms with Crippen LogP contribution in [0.1, 0.15) is 19.4 Å². The maximum atomic E-state index is 12.8. The second-order valence-electron chi connectivity index (χ2n) is 4.62. The zero-order valence-corrected chi connectivity index (χ0v) is 11.1. The van der Waals surface area contributed by atoms with Crippen LogP contribution in [-0.2, 0) is 6.54 Å². The van der Waals surface area contributed by atoms with Gasteiger partial charge in [0, 0.05) is 18.8 Å². The van der Waals surface area contributed by atoms with E-state index < -0.39 is 0 Å². The largest absolute Gasteiger partial charge is 0.456 e. The first kappa shape index (κ1) is 13.5. The molecule has 1 aromatic carbocycles. The van der Waals surface area contributed by atoms with Crippen molar-refractivity contribution in [1.82, 2.24) is 10.3 Å². The van der Waals surface area contributed by atoms with Crippen molar-refractivity contribution in [3.8, 4) is 11.5 Å². The molecule has 0 aliphatic carbocycles. The van der Waals surface area contributed by atoms with Crippen LogP contribution < -0.4 is 10.1 Å². The SMILES string of the molecule is CC(C)NCc1cncc(Oc2ccc(F)cc2)c1. The fourth-order valence-electron chi connectivity index (χ4n) is 1.58. The topological polar surface area (TPSA) is 34.2 Å². The summed E-state index contributed by atoms with van der Waals surface area (Å²) in [6.45, 7) is 4.92. The van der Waals surface area contributed by atoms with Crippen LogP contribution in [0.15, 0.2) is 42.7 Å². The number of ether oxygens (including phenoxy) is 1. The number of hydrogen-bond donors (Lipinski definition) is 1. The molecule has 1 aromatic heterocycles. The first-order valence-electron chi connectivity index (χ1n) is 6.24. The van der Waals surface area contributed by atoms with E-state index in [2.05, 4.69) is 24.1 Å². The molecule has 3 nitrogen and oxygen atoms in total. The van der Waals surface area contributed by atoms with Gasteiger partial charge in [0.25, 0.3) is 0 Å². The molecular weight excluding hydrogens is 243 g/mol. The molecule has 0 radical (unpaired) electrons. The highest BCUT2D eigenvalue weighted by molar-refractivity contribution is 5.31. The standard InChI is InChI=1S/C15H17FN2O/c1-11(2)18-9-12-7-15(10-17-8-12)19-14-5-3-13(16)4-6-14/h3-8,10-11,18H,9H2,1-2H3. The van der Waals surface area contributed by atoms with Crippen LogP contribution in [0, 0.1) is 5.82 Å². The van der Waals surface area contributed by atoms with Gasteiger partial charge >= 0.3 is 0 Å². The lowest BCUT2D eigenvalue weighted by atomic mass is 10.2. The Bertz CT molecular complexity index is 526. The molecule has 0 saturated carbocycles. The minimum atomic E-state index is -0.277. The number of nitrogens with one attached hydrogen (secondary N) is 1. The highest BCUT2D eigenvalue weighted by Crippen LogP contribution is 2.21. The van der Waals surface area contributed by atoms with Crippen LogP contribution in [0.25, 0.3) is 0 Å². The van der Waals surface area contributed by atoms with Crippen molar-refractivity contribution in [3.05, 3.63) is 54.1 Å². The zero-order chi connectivity index (χ0) is 13.7. The molecule has 0 atom stereocenters. The molecule has 1 heterocycles. The quantitative estimate of drug-likeness (QED) is 0.893. The Morgan fingerprint density at radius 1 is 1.16 bits per heavy atom. The van der Waals surface area contributed by atoms with Crippen LogP contribution in [0.2, 0.25) is 0 Å². The predicted molar refractivity (Wildman–Crippen MR) is 72.7 cm³/mol. The fraction of sp³-hybridized carbons (Fsp3) is 0.267. The molecule has 0 bridgehead atoms. The summed E-state index contributed by atoms with van der Waals surface area (Å²) >= 11 is 0. The van der Waals surface area contributed by atoms with Gasteiger partial charge in [-0.25, -0.2) is 4.39 Å². The molecule has 0 aliphatic rings. The molecule has 0 saturated heterocycles. The molecule has 0 aliphatic heterocycles. The van der Waals surface area contributed by atoms with Crippen LogP contribution >= 0.6 is 0 Å². The van der Waals surface area contributed by atoms with E-state index in [1.54, 1.807) is 24.5 Å². The Hall–Kier alpha value is -1.94. The summed E-state index contributed by atoms with van der Waals surface area (Å²) in [7, 11) is 0. The van der Waals surface area contributed by atoms with Gasteiger partial charge in [-0.2, -0.15) is 0 Å². The third-order valence-corrected chi connectivity index (χ3v) is 2.53. The summed E-state index contributed by atoms with van der Waals surface area (Å²) in [5, 5.41) is 3.32. The Balaban J connectivity index is 2.04. The summed E-state index contributed by atoms with van der Waals surface area (Å²) in [5.74, 6) is 0.965. The minimum Gasteiger partial charge on any atom is -0.456 e. The summed E-state index contributed by atoms with van der Waals surface area (Å²) in [6, 6.07) is 8.26. The fourth-order valence-corrected chi connectivity index (χ4v) is 1.58. The summed E-state index contributed by atoms with van der Waals surface area (Å²) in [6.07, 6.45) is 3.44. The third-order valence-electron chi connectivity index (χ3n) is 2.53. The van der Waals surface area contributed by atoms with Crippen molar-refractivity contribution in [2.75, 3.05) is 0 Å². The van der Waals surface area contributed by atoms with Gasteiger partial charge in [0.05, 0.1) is 6.20 Å². The van der Waals surface area contributed by atoms with E-state index in [-0.39, 0.29) is 5.82 Å². The molecule has 0 unspecified atom stereocenters. The maximum absolute atomic E-state index is 12.8. The third kappa shape index (κ3) is 4.34. The van der Waals surface area contributed by atoms with E-state index in [9.17, 15) is 4.39 Å². The van der Waals surface area contributed by atoms with Gasteiger partial charge in [-0.3, -0.25) is 4.98 Å². The first-order chi connectivity index (χ1) is 9.13. The van der Waals surface area contributed by atoms with E-state index in [0.717, 1.165) is 12.1 Å². The molecule has 2 aromatic rings. The van der Waals surface area contributed by atoms with Gasteiger partial charge in [-0.05, 0) is 35.9 Å². The van der Waals surface area contributed by atoms with E-state index in [0.29, 0.717) is 17.5 Å². The van der Waals surface area contributed by atoms with Crippen LogP contribution in [0.5, 0.6) is 11.5 Å². The van der Waals surface area contributed by atoms with Crippen molar-refractivity contribution >= 4 is 0 Å². The van der Waals surface area contributed by atoms with Crippen molar-refractivity contribution < 1.29 is 9.13 Å². The molecular formula is C15H17FN2O. The Morgan fingerprint density at radius 3 is 2.58 bits per heavy atom. The van der Waals surface area contributed by atoms with Crippen molar-refractivity contribution in [3.63, 3.8) is 0 Å². The highest BCUT2D eigenvalue weighted by atomic mass is 19.1. The number of nitrogens with zero attached hydrogens (tertiary/aromatic N) is 1. The lowest BCUT2D eigenvalue weighted by Crippen LogP contribution is -2.21. The maximum Gasteiger partial charge on any atom is 0.146 e. The number of hydrogen-bond acceptors (Lipinski definition) is 3. The minimum absolute atomic E-state index is 0.277. The normalized spacial score (nSPS) is 10.7. The van der Waals surface area contributed by atoms with Crippen molar-refractivity contribution in [1.29, 1.82) is 0 Å². The summed E-state index contributed by atoms with van der Waals surface area (Å²) in [4.78, 5) is 4.14. The highest BCUT2D eigenvalue weighted by Gasteiger charge is 2.01. The number of benzene rings is 1. The zero-order valence-electron chi connectivity index (χ0n) is 11.1. The average Bonchev–Trinajstić information content (AvgIpc) is 2.40. The summed E-state index contributed by atoms with van der Waals surface area (Å²) < 4.78 is 18.4. The molecule has 0 fully saturated rings. The molecule has 2 rings (SSSR count). The average molecular weight is 260 g/mol. The summed E-state index contributed by atoms with van der Waals surface area (Å²) in [5.41, 5.74) is 1.05. The van der Waals surface area contributed by atoms with E-state index in [4.69, 9.17) is 4.74 Å². The van der Waals surface area contributed by atoms with Crippen LogP contribution in [-0.4, -0.2) is 11.0 Å². The van der Waals surface area contributed by atoms with E-state index in [1.807, 2.05) is 6.07 Å². The smallest absolute Gasteiger partial charge is 0.146 e. The first-order valence-corrected chi connectivity index (χ1v) is 6.24. The number of pyridine rings is 1. The van der Waals surface area contributed by atoms with Crippen molar-refractivity contribution in [2.45, 2.75) is 26.4 Å². The van der Waals surface area contributed by atoms with Gasteiger partial charge in [0.15, 0.2) is 0 Å². The number of aromatic nitrogens is 1. The van der Waals surface area contributed by atoms with Gasteiger partial charge in [-0.1, -0.05) is 13.8 Å². The van der Waals surface area contributed by atoms with Gasteiger partial charge in [-0.15, -0.1) is 0 Å². The van der Waals surface area contributed by atoms with E-state index >= 15 is 0 Å².